The van der Waals surface area contributed by atoms with E-state index in [2.05, 4.69) is 17.0 Å². The van der Waals surface area contributed by atoms with Gasteiger partial charge in [0.15, 0.2) is 0 Å². The minimum absolute atomic E-state index is 0.105. The second-order valence-electron chi connectivity index (χ2n) is 9.60. The van der Waals surface area contributed by atoms with Crippen LogP contribution in [0.2, 0.25) is 5.02 Å². The molecule has 2 aliphatic rings. The van der Waals surface area contributed by atoms with Gasteiger partial charge in [-0.3, -0.25) is 9.29 Å². The highest BCUT2D eigenvalue weighted by Gasteiger charge is 2.25. The summed E-state index contributed by atoms with van der Waals surface area (Å²) in [5, 5.41) is 10.7. The van der Waals surface area contributed by atoms with E-state index in [0.29, 0.717) is 36.8 Å². The van der Waals surface area contributed by atoms with Gasteiger partial charge >= 0.3 is 0 Å². The number of likely N-dealkylation sites (tertiary alicyclic amines) is 1. The van der Waals surface area contributed by atoms with Crippen LogP contribution in [0, 0.1) is 0 Å². The number of phenolic OH excluding ortho intramolecular Hbond substituents is 1. The summed E-state index contributed by atoms with van der Waals surface area (Å²) in [6.45, 7) is 5.22. The van der Waals surface area contributed by atoms with Crippen molar-refractivity contribution in [3.63, 3.8) is 0 Å². The zero-order chi connectivity index (χ0) is 26.5. The summed E-state index contributed by atoms with van der Waals surface area (Å²) in [6, 6.07) is 19.1. The van der Waals surface area contributed by atoms with Gasteiger partial charge in [0.05, 0.1) is 24.9 Å². The summed E-state index contributed by atoms with van der Waals surface area (Å²) in [4.78, 5) is 2.26. The van der Waals surface area contributed by atoms with Crippen LogP contribution in [0.4, 0.5) is 4.39 Å². The lowest BCUT2D eigenvalue weighted by atomic mass is 9.88. The van der Waals surface area contributed by atoms with E-state index in [1.807, 2.05) is 43.3 Å². The van der Waals surface area contributed by atoms with E-state index < -0.39 is 0 Å². The molecule has 0 unspecified atom stereocenters. The van der Waals surface area contributed by atoms with Crippen molar-refractivity contribution in [2.24, 2.45) is 0 Å². The van der Waals surface area contributed by atoms with Crippen molar-refractivity contribution in [3.8, 4) is 23.0 Å². The SMILES string of the molecule is CCOc1ccc(C2=C(c3ccc(O[C@H]4CCN(CCCF)C4)cc3)c3ccc(O)cc3OCC2)c(Cl)c1. The highest BCUT2D eigenvalue weighted by atomic mass is 35.5. The smallest absolute Gasteiger partial charge is 0.130 e. The van der Waals surface area contributed by atoms with Crippen LogP contribution in [-0.2, 0) is 0 Å². The van der Waals surface area contributed by atoms with Crippen LogP contribution in [0.15, 0.2) is 60.7 Å². The van der Waals surface area contributed by atoms with Crippen LogP contribution in [0.3, 0.4) is 0 Å². The number of hydrogen-bond acceptors (Lipinski definition) is 5. The first kappa shape index (κ1) is 26.4. The first-order valence-electron chi connectivity index (χ1n) is 13.2. The van der Waals surface area contributed by atoms with Gasteiger partial charge in [-0.25, -0.2) is 0 Å². The Bertz CT molecular complexity index is 1290. The van der Waals surface area contributed by atoms with Crippen LogP contribution in [0.25, 0.3) is 11.1 Å². The van der Waals surface area contributed by atoms with Crippen LogP contribution in [0.5, 0.6) is 23.0 Å². The van der Waals surface area contributed by atoms with E-state index in [1.165, 1.54) is 0 Å². The van der Waals surface area contributed by atoms with Crippen LogP contribution < -0.4 is 14.2 Å². The van der Waals surface area contributed by atoms with E-state index in [0.717, 1.165) is 65.4 Å². The molecule has 0 aromatic heterocycles. The summed E-state index contributed by atoms with van der Waals surface area (Å²) >= 11 is 6.78. The number of nitrogens with zero attached hydrogens (tertiary/aromatic N) is 1. The Balaban J connectivity index is 1.49. The molecule has 200 valence electrons. The predicted molar refractivity (Wildman–Crippen MR) is 149 cm³/mol. The molecule has 0 spiro atoms. The first-order chi connectivity index (χ1) is 18.6. The molecule has 1 atom stereocenters. The molecule has 3 aromatic rings. The van der Waals surface area contributed by atoms with Crippen molar-refractivity contribution in [1.82, 2.24) is 4.90 Å². The van der Waals surface area contributed by atoms with E-state index in [4.69, 9.17) is 25.8 Å². The number of fused-ring (bicyclic) bond motifs is 1. The van der Waals surface area contributed by atoms with Gasteiger partial charge in [-0.05, 0) is 84.5 Å². The Labute approximate surface area is 228 Å². The number of ether oxygens (including phenoxy) is 3. The Kier molecular flexibility index (Phi) is 8.40. The number of benzene rings is 3. The van der Waals surface area contributed by atoms with Gasteiger partial charge in [-0.2, -0.15) is 0 Å². The average Bonchev–Trinajstić information content (AvgIpc) is 3.27. The summed E-state index contributed by atoms with van der Waals surface area (Å²) < 4.78 is 30.5. The third-order valence-corrected chi connectivity index (χ3v) is 7.32. The van der Waals surface area contributed by atoms with Crippen LogP contribution in [0.1, 0.15) is 42.9 Å². The minimum atomic E-state index is -0.281. The molecule has 0 bridgehead atoms. The fraction of sp³-hybridized carbons (Fsp3) is 0.355. The molecule has 5 rings (SSSR count). The molecule has 0 aliphatic carbocycles. The molecule has 3 aromatic carbocycles. The molecule has 38 heavy (non-hydrogen) atoms. The van der Waals surface area contributed by atoms with E-state index in [9.17, 15) is 9.50 Å². The summed E-state index contributed by atoms with van der Waals surface area (Å²) in [6.07, 6.45) is 2.26. The molecule has 2 heterocycles. The van der Waals surface area contributed by atoms with Gasteiger partial charge < -0.3 is 19.3 Å². The van der Waals surface area contributed by atoms with Gasteiger partial charge in [-0.15, -0.1) is 0 Å². The molecule has 5 nitrogen and oxygen atoms in total. The molecular weight excluding hydrogens is 505 g/mol. The van der Waals surface area contributed by atoms with Crippen LogP contribution in [-0.4, -0.2) is 55.6 Å². The quantitative estimate of drug-likeness (QED) is 0.318. The fourth-order valence-corrected chi connectivity index (χ4v) is 5.54. The van der Waals surface area contributed by atoms with Crippen molar-refractivity contribution in [1.29, 1.82) is 0 Å². The Morgan fingerprint density at radius 3 is 2.61 bits per heavy atom. The number of aromatic hydroxyl groups is 1. The van der Waals surface area contributed by atoms with Gasteiger partial charge in [0.25, 0.3) is 0 Å². The summed E-state index contributed by atoms with van der Waals surface area (Å²) in [7, 11) is 0. The Morgan fingerprint density at radius 1 is 1.05 bits per heavy atom. The third kappa shape index (κ3) is 5.92. The maximum Gasteiger partial charge on any atom is 0.130 e. The van der Waals surface area contributed by atoms with Crippen molar-refractivity contribution < 1.29 is 23.7 Å². The molecule has 0 radical (unpaired) electrons. The topological polar surface area (TPSA) is 51.2 Å². The van der Waals surface area contributed by atoms with E-state index in [1.54, 1.807) is 12.1 Å². The number of phenols is 1. The lowest BCUT2D eigenvalue weighted by molar-refractivity contribution is 0.198. The van der Waals surface area contributed by atoms with E-state index in [-0.39, 0.29) is 18.5 Å². The molecule has 0 saturated carbocycles. The normalized spacial score (nSPS) is 17.6. The fourth-order valence-electron chi connectivity index (χ4n) is 5.26. The number of halogens is 2. The maximum absolute atomic E-state index is 12.5. The third-order valence-electron chi connectivity index (χ3n) is 7.01. The number of alkyl halides is 1. The van der Waals surface area contributed by atoms with Gasteiger partial charge in [0.1, 0.15) is 29.1 Å². The zero-order valence-corrected chi connectivity index (χ0v) is 22.3. The van der Waals surface area contributed by atoms with Crippen molar-refractivity contribution in [2.75, 3.05) is 39.5 Å². The molecule has 0 amide bonds. The summed E-state index contributed by atoms with van der Waals surface area (Å²) in [5.74, 6) is 2.33. The molecule has 1 fully saturated rings. The first-order valence-corrected chi connectivity index (χ1v) is 13.6. The van der Waals surface area contributed by atoms with Crippen molar-refractivity contribution in [3.05, 3.63) is 82.4 Å². The Hall–Kier alpha value is -3.22. The standard InChI is InChI=1S/C31H33ClFNO4/c1-2-36-24-9-11-26(29(32)19-24)27-13-17-37-30-18-22(35)6-10-28(30)31(27)21-4-7-23(8-5-21)38-25-12-16-34(20-25)15-3-14-33/h4-11,18-19,25,35H,2-3,12-17,20H2,1H3/t25-/m0/s1. The van der Waals surface area contributed by atoms with Crippen molar-refractivity contribution in [2.45, 2.75) is 32.3 Å². The highest BCUT2D eigenvalue weighted by Crippen LogP contribution is 2.44. The largest absolute Gasteiger partial charge is 0.508 e. The minimum Gasteiger partial charge on any atom is -0.508 e. The second-order valence-corrected chi connectivity index (χ2v) is 10.0. The average molecular weight is 538 g/mol. The van der Waals surface area contributed by atoms with Gasteiger partial charge in [0, 0.05) is 37.7 Å². The van der Waals surface area contributed by atoms with E-state index >= 15 is 0 Å². The molecule has 1 N–H and O–H groups in total. The van der Waals surface area contributed by atoms with Crippen LogP contribution >= 0.6 is 11.6 Å². The predicted octanol–water partition coefficient (Wildman–Crippen LogP) is 7.00. The summed E-state index contributed by atoms with van der Waals surface area (Å²) in [5.41, 5.74) is 4.90. The highest BCUT2D eigenvalue weighted by molar-refractivity contribution is 6.33. The van der Waals surface area contributed by atoms with Crippen molar-refractivity contribution >= 4 is 22.7 Å². The molecule has 2 aliphatic heterocycles. The number of hydrogen-bond donors (Lipinski definition) is 1. The molecule has 7 heteroatoms. The molecular formula is C31H33ClFNO4. The maximum atomic E-state index is 12.5. The lowest BCUT2D eigenvalue weighted by Gasteiger charge is -2.18. The van der Waals surface area contributed by atoms with Gasteiger partial charge in [-0.1, -0.05) is 23.7 Å². The monoisotopic (exact) mass is 537 g/mol. The second kappa shape index (κ2) is 12.1. The van der Waals surface area contributed by atoms with Gasteiger partial charge in [0.2, 0.25) is 0 Å². The zero-order valence-electron chi connectivity index (χ0n) is 21.6. The number of rotatable bonds is 9. The molecule has 1 saturated heterocycles. The Morgan fingerprint density at radius 2 is 1.84 bits per heavy atom. The lowest BCUT2D eigenvalue weighted by Crippen LogP contribution is -2.26.